The minimum atomic E-state index is 0.362. The summed E-state index contributed by atoms with van der Waals surface area (Å²) < 4.78 is 5.74. The molecular weight excluding hydrogens is 222 g/mol. The summed E-state index contributed by atoms with van der Waals surface area (Å²) in [4.78, 5) is 0. The lowest BCUT2D eigenvalue weighted by atomic mass is 10.1. The van der Waals surface area contributed by atoms with Crippen molar-refractivity contribution < 1.29 is 4.74 Å². The van der Waals surface area contributed by atoms with Crippen LogP contribution in [0.15, 0.2) is 54.6 Å². The van der Waals surface area contributed by atoms with E-state index >= 15 is 0 Å². The summed E-state index contributed by atoms with van der Waals surface area (Å²) in [6.07, 6.45) is 1.12. The van der Waals surface area contributed by atoms with Gasteiger partial charge in [0.25, 0.3) is 0 Å². The van der Waals surface area contributed by atoms with E-state index in [0.29, 0.717) is 18.6 Å². The standard InChI is InChI=1S/C16H17NO/c17-16-10-15(16)13-6-8-14(9-7-13)18-11-12-4-2-1-3-5-12/h1-9,15-16H,10-11,17H2/t15-,16?/m1/s1. The maximum atomic E-state index is 5.84. The molecule has 1 aliphatic rings. The van der Waals surface area contributed by atoms with Crippen LogP contribution < -0.4 is 10.5 Å². The molecule has 0 heterocycles. The minimum absolute atomic E-state index is 0.362. The molecule has 0 spiro atoms. The molecule has 0 aliphatic heterocycles. The average molecular weight is 239 g/mol. The lowest BCUT2D eigenvalue weighted by Crippen LogP contribution is -2.01. The van der Waals surface area contributed by atoms with Crippen LogP contribution in [0.2, 0.25) is 0 Å². The fourth-order valence-electron chi connectivity index (χ4n) is 2.15. The van der Waals surface area contributed by atoms with Crippen LogP contribution in [-0.4, -0.2) is 6.04 Å². The first-order valence-corrected chi connectivity index (χ1v) is 6.35. The molecule has 0 amide bonds. The van der Waals surface area contributed by atoms with Crippen molar-refractivity contribution in [2.75, 3.05) is 0 Å². The van der Waals surface area contributed by atoms with Gasteiger partial charge in [-0.15, -0.1) is 0 Å². The second-order valence-corrected chi connectivity index (χ2v) is 4.85. The Hall–Kier alpha value is -1.80. The number of ether oxygens (including phenoxy) is 1. The summed E-state index contributed by atoms with van der Waals surface area (Å²) in [5, 5.41) is 0. The zero-order valence-electron chi connectivity index (χ0n) is 10.3. The van der Waals surface area contributed by atoms with Crippen molar-refractivity contribution in [3.63, 3.8) is 0 Å². The highest BCUT2D eigenvalue weighted by Crippen LogP contribution is 2.39. The molecule has 1 saturated carbocycles. The van der Waals surface area contributed by atoms with Gasteiger partial charge in [0.15, 0.2) is 0 Å². The Morgan fingerprint density at radius 2 is 1.67 bits per heavy atom. The van der Waals surface area contributed by atoms with Gasteiger partial charge in [-0.3, -0.25) is 0 Å². The van der Waals surface area contributed by atoms with Gasteiger partial charge in [0.1, 0.15) is 12.4 Å². The SMILES string of the molecule is NC1C[C@@H]1c1ccc(OCc2ccccc2)cc1. The first kappa shape index (κ1) is 11.3. The third-order valence-electron chi connectivity index (χ3n) is 3.40. The highest BCUT2D eigenvalue weighted by Gasteiger charge is 2.34. The average Bonchev–Trinajstić information content (AvgIpc) is 3.15. The number of benzene rings is 2. The van der Waals surface area contributed by atoms with Crippen LogP contribution in [-0.2, 0) is 6.61 Å². The van der Waals surface area contributed by atoms with Crippen LogP contribution in [0.4, 0.5) is 0 Å². The topological polar surface area (TPSA) is 35.2 Å². The summed E-state index contributed by atoms with van der Waals surface area (Å²) in [6, 6.07) is 18.9. The van der Waals surface area contributed by atoms with E-state index in [1.165, 1.54) is 11.1 Å². The molecule has 1 unspecified atom stereocenters. The van der Waals surface area contributed by atoms with E-state index in [-0.39, 0.29) is 0 Å². The van der Waals surface area contributed by atoms with Crippen molar-refractivity contribution >= 4 is 0 Å². The van der Waals surface area contributed by atoms with Crippen LogP contribution in [0.1, 0.15) is 23.5 Å². The normalized spacial score (nSPS) is 21.6. The first-order valence-electron chi connectivity index (χ1n) is 6.35. The molecule has 0 aromatic heterocycles. The molecule has 1 fully saturated rings. The maximum absolute atomic E-state index is 5.84. The van der Waals surface area contributed by atoms with E-state index in [1.807, 2.05) is 30.3 Å². The summed E-state index contributed by atoms with van der Waals surface area (Å²) >= 11 is 0. The predicted octanol–water partition coefficient (Wildman–Crippen LogP) is 3.08. The van der Waals surface area contributed by atoms with E-state index in [2.05, 4.69) is 24.3 Å². The van der Waals surface area contributed by atoms with E-state index < -0.39 is 0 Å². The molecule has 18 heavy (non-hydrogen) atoms. The molecule has 2 nitrogen and oxygen atoms in total. The minimum Gasteiger partial charge on any atom is -0.489 e. The van der Waals surface area contributed by atoms with Gasteiger partial charge < -0.3 is 10.5 Å². The van der Waals surface area contributed by atoms with Gasteiger partial charge in [0.2, 0.25) is 0 Å². The van der Waals surface area contributed by atoms with Gasteiger partial charge >= 0.3 is 0 Å². The molecule has 1 aliphatic carbocycles. The molecule has 2 aromatic carbocycles. The van der Waals surface area contributed by atoms with E-state index in [9.17, 15) is 0 Å². The monoisotopic (exact) mass is 239 g/mol. The molecule has 0 radical (unpaired) electrons. The lowest BCUT2D eigenvalue weighted by Gasteiger charge is -2.07. The zero-order chi connectivity index (χ0) is 12.4. The second kappa shape index (κ2) is 4.83. The molecule has 92 valence electrons. The molecule has 2 heteroatoms. The molecule has 0 bridgehead atoms. The third-order valence-corrected chi connectivity index (χ3v) is 3.40. The van der Waals surface area contributed by atoms with Crippen molar-refractivity contribution in [2.45, 2.75) is 25.0 Å². The van der Waals surface area contributed by atoms with Gasteiger partial charge in [-0.1, -0.05) is 42.5 Å². The predicted molar refractivity (Wildman–Crippen MR) is 72.5 cm³/mol. The highest BCUT2D eigenvalue weighted by molar-refractivity contribution is 5.33. The van der Waals surface area contributed by atoms with Gasteiger partial charge in [-0.2, -0.15) is 0 Å². The number of hydrogen-bond acceptors (Lipinski definition) is 2. The van der Waals surface area contributed by atoms with Gasteiger partial charge in [0.05, 0.1) is 0 Å². The quantitative estimate of drug-likeness (QED) is 0.890. The molecule has 2 aromatic rings. The van der Waals surface area contributed by atoms with Gasteiger partial charge in [0, 0.05) is 12.0 Å². The summed E-state index contributed by atoms with van der Waals surface area (Å²) in [6.45, 7) is 0.614. The Bertz CT molecular complexity index is 506. The van der Waals surface area contributed by atoms with E-state index in [4.69, 9.17) is 10.5 Å². The van der Waals surface area contributed by atoms with Crippen molar-refractivity contribution in [2.24, 2.45) is 5.73 Å². The van der Waals surface area contributed by atoms with Gasteiger partial charge in [-0.25, -0.2) is 0 Å². The van der Waals surface area contributed by atoms with Crippen LogP contribution >= 0.6 is 0 Å². The fourth-order valence-corrected chi connectivity index (χ4v) is 2.15. The summed E-state index contributed by atoms with van der Waals surface area (Å²) in [5.41, 5.74) is 8.35. The smallest absolute Gasteiger partial charge is 0.119 e. The molecule has 2 atom stereocenters. The van der Waals surface area contributed by atoms with Crippen LogP contribution in [0.25, 0.3) is 0 Å². The third kappa shape index (κ3) is 2.54. The van der Waals surface area contributed by atoms with E-state index in [1.54, 1.807) is 0 Å². The van der Waals surface area contributed by atoms with Gasteiger partial charge in [-0.05, 0) is 29.7 Å². The zero-order valence-corrected chi connectivity index (χ0v) is 10.3. The van der Waals surface area contributed by atoms with Crippen molar-refractivity contribution in [1.29, 1.82) is 0 Å². The van der Waals surface area contributed by atoms with Crippen LogP contribution in [0.3, 0.4) is 0 Å². The van der Waals surface area contributed by atoms with Crippen molar-refractivity contribution in [1.82, 2.24) is 0 Å². The fraction of sp³-hybridized carbons (Fsp3) is 0.250. The van der Waals surface area contributed by atoms with Crippen LogP contribution in [0, 0.1) is 0 Å². The van der Waals surface area contributed by atoms with Crippen molar-refractivity contribution in [3.8, 4) is 5.75 Å². The first-order chi connectivity index (χ1) is 8.83. The van der Waals surface area contributed by atoms with Crippen LogP contribution in [0.5, 0.6) is 5.75 Å². The number of hydrogen-bond donors (Lipinski definition) is 1. The molecular formula is C16H17NO. The second-order valence-electron chi connectivity index (χ2n) is 4.85. The largest absolute Gasteiger partial charge is 0.489 e. The Morgan fingerprint density at radius 3 is 2.28 bits per heavy atom. The Morgan fingerprint density at radius 1 is 1.00 bits per heavy atom. The lowest BCUT2D eigenvalue weighted by molar-refractivity contribution is 0.306. The Kier molecular flexibility index (Phi) is 3.03. The summed E-state index contributed by atoms with van der Waals surface area (Å²) in [5.74, 6) is 1.48. The maximum Gasteiger partial charge on any atom is 0.119 e. The molecule has 3 rings (SSSR count). The Balaban J connectivity index is 1.60. The van der Waals surface area contributed by atoms with E-state index in [0.717, 1.165) is 12.2 Å². The highest BCUT2D eigenvalue weighted by atomic mass is 16.5. The number of rotatable bonds is 4. The molecule has 2 N–H and O–H groups in total. The number of nitrogens with two attached hydrogens (primary N) is 1. The molecule has 0 saturated heterocycles. The van der Waals surface area contributed by atoms with Crippen molar-refractivity contribution in [3.05, 3.63) is 65.7 Å². The Labute approximate surface area is 107 Å². The summed E-state index contributed by atoms with van der Waals surface area (Å²) in [7, 11) is 0.